The summed E-state index contributed by atoms with van der Waals surface area (Å²) in [4.78, 5) is 31.9. The van der Waals surface area contributed by atoms with Crippen molar-refractivity contribution in [1.82, 2.24) is 0 Å². The van der Waals surface area contributed by atoms with E-state index in [0.717, 1.165) is 11.8 Å². The normalized spacial score (nSPS) is 10.5. The summed E-state index contributed by atoms with van der Waals surface area (Å²) >= 11 is 0. The highest BCUT2D eigenvalue weighted by Gasteiger charge is 2.25. The lowest BCUT2D eigenvalue weighted by Crippen LogP contribution is -2.35. The number of carbonyl (C=O) groups excluding carboxylic acids is 3. The first-order valence-electron chi connectivity index (χ1n) is 4.70. The summed E-state index contributed by atoms with van der Waals surface area (Å²) in [6, 6.07) is 0.547. The number of carbonyl (C=O) groups is 3. The molecule has 0 heterocycles. The third-order valence-corrected chi connectivity index (χ3v) is 4.58. The van der Waals surface area contributed by atoms with Crippen LogP contribution in [0.15, 0.2) is 12.3 Å². The maximum absolute atomic E-state index is 10.7. The van der Waals surface area contributed by atoms with Crippen LogP contribution in [0, 0.1) is 0 Å². The second-order valence-corrected chi connectivity index (χ2v) is 7.66. The van der Waals surface area contributed by atoms with E-state index in [2.05, 4.69) is 6.58 Å². The van der Waals surface area contributed by atoms with Gasteiger partial charge in [-0.05, 0) is 12.5 Å². The number of rotatable bonds is 8. The number of hydrogen-bond acceptors (Lipinski definition) is 4. The van der Waals surface area contributed by atoms with Crippen molar-refractivity contribution >= 4 is 25.7 Å². The molecule has 0 bridgehead atoms. The standard InChI is InChI=1S/C10H16O4Si/c1-9(13)10(2)14-5-4-6-15(3,7-11)8-12/h7-8H,2,4-6H2,1,3H3. The second-order valence-electron chi connectivity index (χ2n) is 3.67. The molecule has 0 aromatic carbocycles. The van der Waals surface area contributed by atoms with Crippen molar-refractivity contribution in [2.45, 2.75) is 25.9 Å². The monoisotopic (exact) mass is 228 g/mol. The lowest BCUT2D eigenvalue weighted by molar-refractivity contribution is -0.116. The van der Waals surface area contributed by atoms with E-state index in [-0.39, 0.29) is 11.5 Å². The first-order chi connectivity index (χ1) is 6.95. The summed E-state index contributed by atoms with van der Waals surface area (Å²) in [7, 11) is -2.35. The molecular weight excluding hydrogens is 212 g/mol. The molecule has 0 unspecified atom stereocenters. The van der Waals surface area contributed by atoms with E-state index in [1.54, 1.807) is 6.55 Å². The van der Waals surface area contributed by atoms with Crippen LogP contribution in [0.4, 0.5) is 0 Å². The predicted molar refractivity (Wildman–Crippen MR) is 60.3 cm³/mol. The molecule has 0 amide bonds. The van der Waals surface area contributed by atoms with E-state index in [0.29, 0.717) is 19.1 Å². The molecular formula is C10H16O4Si. The van der Waals surface area contributed by atoms with Gasteiger partial charge in [0.2, 0.25) is 0 Å². The Balaban J connectivity index is 3.80. The van der Waals surface area contributed by atoms with Gasteiger partial charge in [-0.25, -0.2) is 0 Å². The predicted octanol–water partition coefficient (Wildman–Crippen LogP) is 1.12. The van der Waals surface area contributed by atoms with Crippen LogP contribution in [0.5, 0.6) is 0 Å². The first kappa shape index (κ1) is 13.8. The third-order valence-electron chi connectivity index (χ3n) is 2.07. The highest BCUT2D eigenvalue weighted by atomic mass is 28.3. The molecule has 0 aliphatic rings. The van der Waals surface area contributed by atoms with Crippen LogP contribution in [0.25, 0.3) is 0 Å². The minimum absolute atomic E-state index is 0.121. The molecule has 0 aliphatic carbocycles. The van der Waals surface area contributed by atoms with Gasteiger partial charge < -0.3 is 14.3 Å². The summed E-state index contributed by atoms with van der Waals surface area (Å²) < 4.78 is 5.03. The number of ether oxygens (including phenoxy) is 1. The average molecular weight is 228 g/mol. The summed E-state index contributed by atoms with van der Waals surface area (Å²) in [5.41, 5.74) is 0. The van der Waals surface area contributed by atoms with Crippen LogP contribution in [0.2, 0.25) is 12.6 Å². The van der Waals surface area contributed by atoms with Crippen molar-refractivity contribution in [3.05, 3.63) is 12.3 Å². The van der Waals surface area contributed by atoms with Crippen molar-refractivity contribution in [2.24, 2.45) is 0 Å². The smallest absolute Gasteiger partial charge is 0.197 e. The van der Waals surface area contributed by atoms with Crippen molar-refractivity contribution in [2.75, 3.05) is 6.61 Å². The lowest BCUT2D eigenvalue weighted by atomic mass is 10.4. The molecule has 0 spiro atoms. The zero-order valence-electron chi connectivity index (χ0n) is 9.12. The minimum atomic E-state index is -2.35. The van der Waals surface area contributed by atoms with Gasteiger partial charge in [-0.2, -0.15) is 0 Å². The molecule has 0 fully saturated rings. The Labute approximate surface area is 90.3 Å². The topological polar surface area (TPSA) is 60.4 Å². The van der Waals surface area contributed by atoms with Crippen LogP contribution < -0.4 is 0 Å². The Bertz CT molecular complexity index is 265. The summed E-state index contributed by atoms with van der Waals surface area (Å²) in [5, 5.41) is 0. The van der Waals surface area contributed by atoms with Crippen LogP contribution >= 0.6 is 0 Å². The molecule has 0 aromatic rings. The van der Waals surface area contributed by atoms with E-state index < -0.39 is 8.07 Å². The Morgan fingerprint density at radius 1 is 1.40 bits per heavy atom. The highest BCUT2D eigenvalue weighted by Crippen LogP contribution is 2.08. The molecule has 4 nitrogen and oxygen atoms in total. The van der Waals surface area contributed by atoms with Crippen LogP contribution in [0.3, 0.4) is 0 Å². The van der Waals surface area contributed by atoms with Gasteiger partial charge in [-0.3, -0.25) is 4.79 Å². The highest BCUT2D eigenvalue weighted by molar-refractivity contribution is 7.17. The van der Waals surface area contributed by atoms with E-state index in [1.165, 1.54) is 6.92 Å². The van der Waals surface area contributed by atoms with Crippen LogP contribution in [0.1, 0.15) is 13.3 Å². The van der Waals surface area contributed by atoms with E-state index in [1.807, 2.05) is 0 Å². The minimum Gasteiger partial charge on any atom is -0.491 e. The van der Waals surface area contributed by atoms with Crippen molar-refractivity contribution in [3.8, 4) is 0 Å². The molecule has 0 aliphatic heterocycles. The van der Waals surface area contributed by atoms with Crippen LogP contribution in [-0.2, 0) is 19.1 Å². The number of ketones is 1. The Morgan fingerprint density at radius 3 is 2.33 bits per heavy atom. The molecule has 5 heteroatoms. The maximum Gasteiger partial charge on any atom is 0.197 e. The SMILES string of the molecule is C=C(OCCC[Si](C)(C=O)C=O)C(C)=O. The molecule has 0 atom stereocenters. The fourth-order valence-electron chi connectivity index (χ4n) is 0.896. The quantitative estimate of drug-likeness (QED) is 0.205. The molecule has 0 saturated heterocycles. The third kappa shape index (κ3) is 5.26. The first-order valence-corrected chi connectivity index (χ1v) is 7.56. The van der Waals surface area contributed by atoms with Gasteiger partial charge in [0.1, 0.15) is 11.8 Å². The van der Waals surface area contributed by atoms with Gasteiger partial charge >= 0.3 is 0 Å². The largest absolute Gasteiger partial charge is 0.491 e. The fraction of sp³-hybridized carbons (Fsp3) is 0.500. The maximum atomic E-state index is 10.7. The molecule has 0 rings (SSSR count). The number of hydrogen-bond donors (Lipinski definition) is 0. The van der Waals surface area contributed by atoms with Gasteiger partial charge in [-0.15, -0.1) is 0 Å². The van der Waals surface area contributed by atoms with Gasteiger partial charge in [0, 0.05) is 6.92 Å². The van der Waals surface area contributed by atoms with Crippen molar-refractivity contribution < 1.29 is 19.1 Å². The molecule has 15 heavy (non-hydrogen) atoms. The Kier molecular flexibility index (Phi) is 5.77. The molecule has 0 radical (unpaired) electrons. The lowest BCUT2D eigenvalue weighted by Gasteiger charge is -2.12. The van der Waals surface area contributed by atoms with E-state index in [9.17, 15) is 14.4 Å². The van der Waals surface area contributed by atoms with E-state index >= 15 is 0 Å². The van der Waals surface area contributed by atoms with Crippen molar-refractivity contribution in [1.29, 1.82) is 0 Å². The summed E-state index contributed by atoms with van der Waals surface area (Å²) in [6.07, 6.45) is 0.590. The van der Waals surface area contributed by atoms with E-state index in [4.69, 9.17) is 4.74 Å². The van der Waals surface area contributed by atoms with Gasteiger partial charge in [0.05, 0.1) is 6.61 Å². The zero-order valence-corrected chi connectivity index (χ0v) is 10.1. The van der Waals surface area contributed by atoms with Crippen molar-refractivity contribution in [3.63, 3.8) is 0 Å². The van der Waals surface area contributed by atoms with Crippen LogP contribution in [-0.4, -0.2) is 32.3 Å². The summed E-state index contributed by atoms with van der Waals surface area (Å²) in [6.45, 7) is 6.83. The Morgan fingerprint density at radius 2 is 1.93 bits per heavy atom. The Hall–Kier alpha value is -1.23. The zero-order chi connectivity index (χ0) is 11.9. The fourth-order valence-corrected chi connectivity index (χ4v) is 2.09. The summed E-state index contributed by atoms with van der Waals surface area (Å²) in [5.74, 6) is 1.44. The second kappa shape index (κ2) is 6.29. The molecule has 0 saturated carbocycles. The van der Waals surface area contributed by atoms with Gasteiger partial charge in [0.25, 0.3) is 0 Å². The molecule has 0 N–H and O–H groups in total. The molecule has 84 valence electrons. The average Bonchev–Trinajstić information content (AvgIpc) is 2.23. The molecule has 0 aromatic heterocycles. The van der Waals surface area contributed by atoms with Gasteiger partial charge in [0.15, 0.2) is 19.6 Å². The number of Topliss-reactive ketones (excluding diaryl/α,β-unsaturated/α-hetero) is 1. The number of allylic oxidation sites excluding steroid dienone is 1. The van der Waals surface area contributed by atoms with Gasteiger partial charge in [-0.1, -0.05) is 13.1 Å².